The topological polar surface area (TPSA) is 56.6 Å². The van der Waals surface area contributed by atoms with E-state index in [-0.39, 0.29) is 24.1 Å². The Bertz CT molecular complexity index is 801. The Morgan fingerprint density at radius 3 is 2.77 bits per heavy atom. The Balaban J connectivity index is 1.62. The first-order chi connectivity index (χ1) is 12.7. The molecule has 1 atom stereocenters. The molecule has 1 aromatic carbocycles. The van der Waals surface area contributed by atoms with Gasteiger partial charge in [-0.2, -0.15) is 5.10 Å². The number of benzene rings is 1. The fourth-order valence-electron chi connectivity index (χ4n) is 3.73. The Morgan fingerprint density at radius 2 is 2.00 bits per heavy atom. The van der Waals surface area contributed by atoms with Crippen molar-refractivity contribution in [3.63, 3.8) is 0 Å². The van der Waals surface area contributed by atoms with E-state index < -0.39 is 0 Å². The van der Waals surface area contributed by atoms with Gasteiger partial charge < -0.3 is 14.4 Å². The summed E-state index contributed by atoms with van der Waals surface area (Å²) in [5, 5.41) is 4.25. The third-order valence-electron chi connectivity index (χ3n) is 5.09. The van der Waals surface area contributed by atoms with Crippen LogP contribution >= 0.6 is 0 Å². The zero-order valence-electron chi connectivity index (χ0n) is 14.7. The van der Waals surface area contributed by atoms with Crippen molar-refractivity contribution in [3.05, 3.63) is 47.5 Å². The van der Waals surface area contributed by atoms with E-state index in [0.29, 0.717) is 36.7 Å². The lowest BCUT2D eigenvalue weighted by molar-refractivity contribution is -0.100. The fraction of sp³-hybridized carbons (Fsp3) is 0.474. The normalized spacial score (nSPS) is 21.3. The summed E-state index contributed by atoms with van der Waals surface area (Å²) in [6.45, 7) is 3.58. The molecule has 2 saturated heterocycles. The average Bonchev–Trinajstić information content (AvgIpc) is 3.32. The van der Waals surface area contributed by atoms with E-state index in [9.17, 15) is 9.18 Å². The fourth-order valence-corrected chi connectivity index (χ4v) is 3.73. The molecule has 0 saturated carbocycles. The summed E-state index contributed by atoms with van der Waals surface area (Å²) in [6.07, 6.45) is 4.02. The second kappa shape index (κ2) is 7.17. The van der Waals surface area contributed by atoms with Crippen molar-refractivity contribution in [1.29, 1.82) is 0 Å². The molecule has 0 spiro atoms. The predicted octanol–water partition coefficient (Wildman–Crippen LogP) is 2.69. The number of para-hydroxylation sites is 1. The molecule has 1 unspecified atom stereocenters. The van der Waals surface area contributed by atoms with Crippen molar-refractivity contribution >= 4 is 5.91 Å². The number of hydrogen-bond acceptors (Lipinski definition) is 4. The molecule has 2 fully saturated rings. The molecule has 2 aliphatic heterocycles. The summed E-state index contributed by atoms with van der Waals surface area (Å²) >= 11 is 0. The molecular weight excluding hydrogens is 337 g/mol. The lowest BCUT2D eigenvalue weighted by atomic mass is 10.0. The van der Waals surface area contributed by atoms with Gasteiger partial charge in [-0.05, 0) is 38.3 Å². The minimum Gasteiger partial charge on any atom is -0.348 e. The number of aromatic nitrogens is 2. The van der Waals surface area contributed by atoms with Crippen LogP contribution < -0.4 is 0 Å². The van der Waals surface area contributed by atoms with Gasteiger partial charge in [0.05, 0.1) is 36.7 Å². The van der Waals surface area contributed by atoms with Crippen molar-refractivity contribution in [1.82, 2.24) is 14.7 Å². The number of ether oxygens (including phenoxy) is 2. The van der Waals surface area contributed by atoms with Gasteiger partial charge in [0, 0.05) is 6.54 Å². The Labute approximate surface area is 151 Å². The third-order valence-corrected chi connectivity index (χ3v) is 5.09. The van der Waals surface area contributed by atoms with Crippen molar-refractivity contribution in [2.75, 3.05) is 19.8 Å². The second-order valence-electron chi connectivity index (χ2n) is 6.68. The first-order valence-electron chi connectivity index (χ1n) is 9.00. The van der Waals surface area contributed by atoms with Gasteiger partial charge in [-0.3, -0.25) is 4.79 Å². The van der Waals surface area contributed by atoms with Crippen molar-refractivity contribution in [2.24, 2.45) is 0 Å². The summed E-state index contributed by atoms with van der Waals surface area (Å²) in [7, 11) is 0. The van der Waals surface area contributed by atoms with Gasteiger partial charge in [-0.15, -0.1) is 0 Å². The van der Waals surface area contributed by atoms with Crippen LogP contribution in [0.3, 0.4) is 0 Å². The smallest absolute Gasteiger partial charge is 0.257 e. The van der Waals surface area contributed by atoms with Crippen LogP contribution in [0.4, 0.5) is 4.39 Å². The van der Waals surface area contributed by atoms with Crippen LogP contribution in [0.25, 0.3) is 5.69 Å². The predicted molar refractivity (Wildman–Crippen MR) is 92.6 cm³/mol. The number of amides is 1. The van der Waals surface area contributed by atoms with Crippen LogP contribution in [0.2, 0.25) is 0 Å². The minimum absolute atomic E-state index is 0.0880. The minimum atomic E-state index is -0.374. The number of rotatable bonds is 3. The standard InChI is InChI=1S/C19H22FN3O3/c1-13-14(12-21-23(13)16-7-3-2-6-15(16)20)18(24)22-9-5-4-8-17(22)19-25-10-11-26-19/h2-3,6-7,12,17,19H,4-5,8-11H2,1H3. The van der Waals surface area contributed by atoms with Crippen LogP contribution in [-0.4, -0.2) is 52.7 Å². The van der Waals surface area contributed by atoms with Crippen LogP contribution in [0.5, 0.6) is 0 Å². The monoisotopic (exact) mass is 359 g/mol. The molecule has 6 nitrogen and oxygen atoms in total. The molecule has 2 aromatic rings. The van der Waals surface area contributed by atoms with Crippen molar-refractivity contribution in [2.45, 2.75) is 38.5 Å². The quantitative estimate of drug-likeness (QED) is 0.846. The second-order valence-corrected chi connectivity index (χ2v) is 6.68. The highest BCUT2D eigenvalue weighted by Crippen LogP contribution is 2.27. The maximum absolute atomic E-state index is 14.1. The molecule has 7 heteroatoms. The first-order valence-corrected chi connectivity index (χ1v) is 9.00. The summed E-state index contributed by atoms with van der Waals surface area (Å²) in [5.41, 5.74) is 1.44. The summed E-state index contributed by atoms with van der Waals surface area (Å²) in [4.78, 5) is 15.0. The zero-order valence-corrected chi connectivity index (χ0v) is 14.7. The lowest BCUT2D eigenvalue weighted by Gasteiger charge is -2.37. The van der Waals surface area contributed by atoms with Crippen LogP contribution in [0.15, 0.2) is 30.5 Å². The number of halogens is 1. The molecule has 2 aliphatic rings. The van der Waals surface area contributed by atoms with Crippen molar-refractivity contribution in [3.8, 4) is 5.69 Å². The number of likely N-dealkylation sites (tertiary alicyclic amines) is 1. The van der Waals surface area contributed by atoms with Crippen LogP contribution in [0, 0.1) is 12.7 Å². The summed E-state index contributed by atoms with van der Waals surface area (Å²) < 4.78 is 26.9. The van der Waals surface area contributed by atoms with Gasteiger partial charge in [-0.25, -0.2) is 9.07 Å². The molecular formula is C19H22FN3O3. The van der Waals surface area contributed by atoms with Crippen molar-refractivity contribution < 1.29 is 18.7 Å². The SMILES string of the molecule is Cc1c(C(=O)N2CCCCC2C2OCCO2)cnn1-c1ccccc1F. The van der Waals surface area contributed by atoms with E-state index >= 15 is 0 Å². The van der Waals surface area contributed by atoms with E-state index in [2.05, 4.69) is 5.10 Å². The van der Waals surface area contributed by atoms with Gasteiger partial charge in [0.2, 0.25) is 0 Å². The molecule has 0 radical (unpaired) electrons. The highest BCUT2D eigenvalue weighted by molar-refractivity contribution is 5.95. The van der Waals surface area contributed by atoms with E-state index in [0.717, 1.165) is 19.3 Å². The molecule has 0 aliphatic carbocycles. The van der Waals surface area contributed by atoms with Gasteiger partial charge >= 0.3 is 0 Å². The Morgan fingerprint density at radius 1 is 1.23 bits per heavy atom. The maximum atomic E-state index is 14.1. The zero-order chi connectivity index (χ0) is 18.1. The molecule has 0 N–H and O–H groups in total. The first kappa shape index (κ1) is 17.2. The molecule has 26 heavy (non-hydrogen) atoms. The third kappa shape index (κ3) is 3.01. The number of piperidine rings is 1. The molecule has 1 aromatic heterocycles. The number of nitrogens with zero attached hydrogens (tertiary/aromatic N) is 3. The molecule has 4 rings (SSSR count). The summed E-state index contributed by atoms with van der Waals surface area (Å²) in [5.74, 6) is -0.477. The molecule has 138 valence electrons. The number of carbonyl (C=O) groups is 1. The largest absolute Gasteiger partial charge is 0.348 e. The van der Waals surface area contributed by atoms with E-state index in [1.165, 1.54) is 16.9 Å². The molecule has 0 bridgehead atoms. The Hall–Kier alpha value is -2.25. The summed E-state index contributed by atoms with van der Waals surface area (Å²) in [6, 6.07) is 6.32. The highest BCUT2D eigenvalue weighted by Gasteiger charge is 2.37. The lowest BCUT2D eigenvalue weighted by Crippen LogP contribution is -2.50. The molecule has 1 amide bonds. The number of carbonyl (C=O) groups excluding carboxylic acids is 1. The van der Waals surface area contributed by atoms with Crippen LogP contribution in [0.1, 0.15) is 35.3 Å². The van der Waals surface area contributed by atoms with E-state index in [1.54, 1.807) is 25.1 Å². The number of hydrogen-bond donors (Lipinski definition) is 0. The van der Waals surface area contributed by atoms with Crippen LogP contribution in [-0.2, 0) is 9.47 Å². The van der Waals surface area contributed by atoms with Gasteiger partial charge in [0.25, 0.3) is 5.91 Å². The maximum Gasteiger partial charge on any atom is 0.257 e. The highest BCUT2D eigenvalue weighted by atomic mass is 19.1. The van der Waals surface area contributed by atoms with E-state index in [4.69, 9.17) is 9.47 Å². The van der Waals surface area contributed by atoms with Gasteiger partial charge in [0.1, 0.15) is 11.5 Å². The molecule has 3 heterocycles. The Kier molecular flexibility index (Phi) is 4.74. The van der Waals surface area contributed by atoms with Gasteiger partial charge in [-0.1, -0.05) is 12.1 Å². The van der Waals surface area contributed by atoms with Gasteiger partial charge in [0.15, 0.2) is 6.29 Å². The average molecular weight is 359 g/mol. The van der Waals surface area contributed by atoms with E-state index in [1.807, 2.05) is 4.90 Å².